The van der Waals surface area contributed by atoms with E-state index in [1.165, 1.54) is 12.1 Å². The van der Waals surface area contributed by atoms with Crippen LogP contribution in [0.5, 0.6) is 0 Å². The van der Waals surface area contributed by atoms with E-state index in [0.29, 0.717) is 12.7 Å². The highest BCUT2D eigenvalue weighted by Crippen LogP contribution is 2.32. The molecule has 0 radical (unpaired) electrons. The van der Waals surface area contributed by atoms with Crippen molar-refractivity contribution < 1.29 is 37.3 Å². The van der Waals surface area contributed by atoms with Crippen LogP contribution in [-0.4, -0.2) is 35.9 Å². The van der Waals surface area contributed by atoms with Crippen LogP contribution in [0.1, 0.15) is 5.56 Å². The molecule has 1 unspecified atom stereocenters. The molecule has 0 amide bonds. The van der Waals surface area contributed by atoms with Crippen molar-refractivity contribution in [2.24, 2.45) is 0 Å². The lowest BCUT2D eigenvalue weighted by molar-refractivity contribution is -0.263. The number of hydrogen-bond acceptors (Lipinski definition) is 5. The third-order valence-electron chi connectivity index (χ3n) is 2.40. The topological polar surface area (TPSA) is 72.8 Å². The molecule has 1 rings (SSSR count). The van der Waals surface area contributed by atoms with E-state index in [-0.39, 0.29) is 0 Å². The lowest BCUT2D eigenvalue weighted by atomic mass is 10.0. The Morgan fingerprint density at radius 1 is 1.15 bits per heavy atom. The zero-order valence-electron chi connectivity index (χ0n) is 10.3. The monoisotopic (exact) mass is 292 g/mol. The number of aliphatic hydroxyl groups is 1. The zero-order valence-corrected chi connectivity index (χ0v) is 10.3. The number of alkyl halides is 3. The van der Waals surface area contributed by atoms with Crippen LogP contribution in [0.2, 0.25) is 0 Å². The highest BCUT2D eigenvalue weighted by Gasteiger charge is 2.68. The summed E-state index contributed by atoms with van der Waals surface area (Å²) in [4.78, 5) is 22.4. The summed E-state index contributed by atoms with van der Waals surface area (Å²) in [5.41, 5.74) is -3.94. The Labute approximate surface area is 111 Å². The predicted octanol–water partition coefficient (Wildman–Crippen LogP) is 1.20. The van der Waals surface area contributed by atoms with Gasteiger partial charge in [0, 0.05) is 0 Å². The molecule has 1 N–H and O–H groups in total. The van der Waals surface area contributed by atoms with Crippen molar-refractivity contribution >= 4 is 11.9 Å². The lowest BCUT2D eigenvalue weighted by Crippen LogP contribution is -2.59. The Hall–Kier alpha value is -2.09. The predicted molar refractivity (Wildman–Crippen MR) is 59.3 cm³/mol. The second-order valence-corrected chi connectivity index (χ2v) is 3.76. The second-order valence-electron chi connectivity index (χ2n) is 3.76. The molecule has 1 aromatic carbocycles. The summed E-state index contributed by atoms with van der Waals surface area (Å²) in [5, 5.41) is 9.29. The van der Waals surface area contributed by atoms with Gasteiger partial charge in [0.2, 0.25) is 0 Å². The van der Waals surface area contributed by atoms with E-state index in [2.05, 4.69) is 9.47 Å². The van der Waals surface area contributed by atoms with Crippen LogP contribution in [0.25, 0.3) is 0 Å². The molecule has 0 bridgehead atoms. The number of rotatable bonds is 4. The lowest BCUT2D eigenvalue weighted by Gasteiger charge is -2.25. The van der Waals surface area contributed by atoms with Gasteiger partial charge < -0.3 is 14.6 Å². The molecule has 5 nitrogen and oxygen atoms in total. The SMILES string of the molecule is COC(=O)C(O)(C(=O)OCc1ccccc1)C(F)(F)F. The highest BCUT2D eigenvalue weighted by atomic mass is 19.4. The second kappa shape index (κ2) is 5.91. The Morgan fingerprint density at radius 3 is 2.15 bits per heavy atom. The normalized spacial score (nSPS) is 14.2. The summed E-state index contributed by atoms with van der Waals surface area (Å²) in [6.45, 7) is -0.519. The van der Waals surface area contributed by atoms with Gasteiger partial charge in [-0.05, 0) is 5.56 Å². The molecular weight excluding hydrogens is 281 g/mol. The molecule has 110 valence electrons. The minimum absolute atomic E-state index is 0.398. The van der Waals surface area contributed by atoms with E-state index >= 15 is 0 Å². The van der Waals surface area contributed by atoms with Gasteiger partial charge in [0.25, 0.3) is 0 Å². The maximum Gasteiger partial charge on any atom is 0.439 e. The fraction of sp³-hybridized carbons (Fsp3) is 0.333. The number of methoxy groups -OCH3 is 1. The summed E-state index contributed by atoms with van der Waals surface area (Å²) < 4.78 is 46.1. The summed E-state index contributed by atoms with van der Waals surface area (Å²) in [5.74, 6) is -4.29. The van der Waals surface area contributed by atoms with Crippen LogP contribution < -0.4 is 0 Å². The molecule has 0 saturated carbocycles. The molecule has 0 aliphatic rings. The van der Waals surface area contributed by atoms with Gasteiger partial charge in [-0.25, -0.2) is 9.59 Å². The van der Waals surface area contributed by atoms with Gasteiger partial charge in [0.15, 0.2) is 0 Å². The van der Waals surface area contributed by atoms with Crippen molar-refractivity contribution in [3.63, 3.8) is 0 Å². The summed E-state index contributed by atoms with van der Waals surface area (Å²) in [6, 6.07) is 7.82. The number of esters is 2. The maximum absolute atomic E-state index is 12.7. The summed E-state index contributed by atoms with van der Waals surface area (Å²) in [6.07, 6.45) is -5.55. The molecule has 20 heavy (non-hydrogen) atoms. The molecule has 0 spiro atoms. The fourth-order valence-electron chi connectivity index (χ4n) is 1.29. The first-order valence-corrected chi connectivity index (χ1v) is 5.32. The van der Waals surface area contributed by atoms with Crippen LogP contribution in [0.4, 0.5) is 13.2 Å². The van der Waals surface area contributed by atoms with Gasteiger partial charge in [-0.15, -0.1) is 0 Å². The van der Waals surface area contributed by atoms with Crippen LogP contribution in [0.15, 0.2) is 30.3 Å². The minimum atomic E-state index is -5.55. The van der Waals surface area contributed by atoms with Crippen LogP contribution in [0, 0.1) is 0 Å². The Balaban J connectivity index is 2.88. The Morgan fingerprint density at radius 2 is 1.70 bits per heavy atom. The number of carbonyl (C=O) groups excluding carboxylic acids is 2. The molecule has 0 fully saturated rings. The third-order valence-corrected chi connectivity index (χ3v) is 2.40. The number of ether oxygens (including phenoxy) is 2. The Kier molecular flexibility index (Phi) is 4.72. The molecule has 8 heteroatoms. The molecule has 0 heterocycles. The van der Waals surface area contributed by atoms with Gasteiger partial charge in [-0.2, -0.15) is 13.2 Å². The van der Waals surface area contributed by atoms with Crippen LogP contribution in [0.3, 0.4) is 0 Å². The highest BCUT2D eigenvalue weighted by molar-refractivity contribution is 6.04. The number of hydrogen-bond donors (Lipinski definition) is 1. The quantitative estimate of drug-likeness (QED) is 0.667. The average molecular weight is 292 g/mol. The van der Waals surface area contributed by atoms with Gasteiger partial charge in [-0.1, -0.05) is 30.3 Å². The van der Waals surface area contributed by atoms with Gasteiger partial charge in [0.05, 0.1) is 7.11 Å². The zero-order chi connectivity index (χ0) is 15.4. The fourth-order valence-corrected chi connectivity index (χ4v) is 1.29. The Bertz CT molecular complexity index is 486. The van der Waals surface area contributed by atoms with E-state index in [9.17, 15) is 27.9 Å². The molecule has 0 aliphatic carbocycles. The number of benzene rings is 1. The van der Waals surface area contributed by atoms with Crippen molar-refractivity contribution in [1.82, 2.24) is 0 Å². The molecule has 1 aromatic rings. The molecular formula is C12H11F3O5. The van der Waals surface area contributed by atoms with Crippen molar-refractivity contribution in [1.29, 1.82) is 0 Å². The largest absolute Gasteiger partial charge is 0.466 e. The smallest absolute Gasteiger partial charge is 0.439 e. The van der Waals surface area contributed by atoms with E-state index in [1.54, 1.807) is 18.2 Å². The van der Waals surface area contributed by atoms with Gasteiger partial charge in [-0.3, -0.25) is 0 Å². The first-order chi connectivity index (χ1) is 9.23. The first kappa shape index (κ1) is 16.0. The number of carbonyl (C=O) groups is 2. The standard InChI is InChI=1S/C12H11F3O5/c1-19-9(16)11(18,12(13,14)15)10(17)20-7-8-5-3-2-4-6-8/h2-6,18H,7H2,1H3. The van der Waals surface area contributed by atoms with Gasteiger partial charge in [0.1, 0.15) is 6.61 Å². The molecule has 0 aliphatic heterocycles. The van der Waals surface area contributed by atoms with Crippen molar-refractivity contribution in [2.45, 2.75) is 18.4 Å². The van der Waals surface area contributed by atoms with E-state index in [1.807, 2.05) is 0 Å². The van der Waals surface area contributed by atoms with E-state index in [4.69, 9.17) is 0 Å². The van der Waals surface area contributed by atoms with E-state index < -0.39 is 30.3 Å². The van der Waals surface area contributed by atoms with Crippen molar-refractivity contribution in [2.75, 3.05) is 7.11 Å². The average Bonchev–Trinajstić information content (AvgIpc) is 2.42. The van der Waals surface area contributed by atoms with Crippen molar-refractivity contribution in [3.8, 4) is 0 Å². The third kappa shape index (κ3) is 3.08. The first-order valence-electron chi connectivity index (χ1n) is 5.32. The van der Waals surface area contributed by atoms with Crippen LogP contribution in [-0.2, 0) is 25.7 Å². The molecule has 0 aromatic heterocycles. The molecule has 1 atom stereocenters. The summed E-state index contributed by atoms with van der Waals surface area (Å²) >= 11 is 0. The van der Waals surface area contributed by atoms with E-state index in [0.717, 1.165) is 0 Å². The minimum Gasteiger partial charge on any atom is -0.466 e. The maximum atomic E-state index is 12.7. The van der Waals surface area contributed by atoms with Crippen LogP contribution >= 0.6 is 0 Å². The molecule has 0 saturated heterocycles. The van der Waals surface area contributed by atoms with Gasteiger partial charge >= 0.3 is 23.7 Å². The number of halogens is 3. The van der Waals surface area contributed by atoms with Crippen molar-refractivity contribution in [3.05, 3.63) is 35.9 Å². The summed E-state index contributed by atoms with van der Waals surface area (Å²) in [7, 11) is 0.615.